The number of carbonyl (C=O) groups is 2. The molecule has 0 aliphatic heterocycles. The second-order valence-corrected chi connectivity index (χ2v) is 2.71. The first-order valence-corrected chi connectivity index (χ1v) is 4.22. The highest BCUT2D eigenvalue weighted by molar-refractivity contribution is 6.23. The standard InChI is InChI=1S/C10H8N2O4/c13-9(14)5-11-7-1-2-8(4-3-7)12-6-10(15)16/h1-6H,(H,13,14)(H,15,16). The lowest BCUT2D eigenvalue weighted by molar-refractivity contribution is -0.129. The Morgan fingerprint density at radius 2 is 1.19 bits per heavy atom. The lowest BCUT2D eigenvalue weighted by atomic mass is 10.3. The Labute approximate surface area is 90.6 Å². The smallest absolute Gasteiger partial charge is 0.346 e. The lowest BCUT2D eigenvalue weighted by Gasteiger charge is -1.94. The van der Waals surface area contributed by atoms with Crippen LogP contribution in [0.5, 0.6) is 0 Å². The number of aliphatic carboxylic acids is 2. The van der Waals surface area contributed by atoms with E-state index in [1.54, 1.807) is 0 Å². The Hall–Kier alpha value is -2.50. The molecule has 0 unspecified atom stereocenters. The minimum Gasteiger partial charge on any atom is -0.477 e. The highest BCUT2D eigenvalue weighted by Crippen LogP contribution is 2.17. The molecule has 1 rings (SSSR count). The molecule has 82 valence electrons. The summed E-state index contributed by atoms with van der Waals surface area (Å²) in [5.41, 5.74) is 0.911. The maximum Gasteiger partial charge on any atom is 0.346 e. The highest BCUT2D eigenvalue weighted by Gasteiger charge is 1.93. The van der Waals surface area contributed by atoms with Gasteiger partial charge in [0.15, 0.2) is 0 Å². The summed E-state index contributed by atoms with van der Waals surface area (Å²) >= 11 is 0. The molecule has 0 saturated heterocycles. The van der Waals surface area contributed by atoms with Crippen LogP contribution in [-0.4, -0.2) is 34.6 Å². The molecule has 2 N–H and O–H groups in total. The molecule has 0 amide bonds. The summed E-state index contributed by atoms with van der Waals surface area (Å²) in [6, 6.07) is 6.14. The van der Waals surface area contributed by atoms with Crippen molar-refractivity contribution in [3.8, 4) is 0 Å². The number of hydrogen-bond donors (Lipinski definition) is 2. The predicted molar refractivity (Wildman–Crippen MR) is 58.0 cm³/mol. The molecule has 16 heavy (non-hydrogen) atoms. The van der Waals surface area contributed by atoms with Gasteiger partial charge in [-0.15, -0.1) is 0 Å². The molecule has 0 heterocycles. The average molecular weight is 220 g/mol. The van der Waals surface area contributed by atoms with Crippen molar-refractivity contribution in [3.63, 3.8) is 0 Å². The van der Waals surface area contributed by atoms with Crippen LogP contribution in [0.15, 0.2) is 34.3 Å². The van der Waals surface area contributed by atoms with Gasteiger partial charge in [0.2, 0.25) is 0 Å². The van der Waals surface area contributed by atoms with Crippen LogP contribution < -0.4 is 0 Å². The first-order valence-electron chi connectivity index (χ1n) is 4.22. The number of benzene rings is 1. The molecule has 0 atom stereocenters. The zero-order valence-corrected chi connectivity index (χ0v) is 8.07. The molecule has 0 aliphatic rings. The number of carboxylic acid groups (broad SMARTS) is 2. The van der Waals surface area contributed by atoms with Gasteiger partial charge in [0.1, 0.15) is 12.4 Å². The van der Waals surface area contributed by atoms with E-state index in [9.17, 15) is 9.59 Å². The fourth-order valence-corrected chi connectivity index (χ4v) is 0.884. The topological polar surface area (TPSA) is 99.3 Å². The molecular formula is C10H8N2O4. The molecule has 1 aromatic carbocycles. The summed E-state index contributed by atoms with van der Waals surface area (Å²) in [5, 5.41) is 16.7. The molecule has 0 spiro atoms. The van der Waals surface area contributed by atoms with Crippen LogP contribution in [-0.2, 0) is 9.59 Å². The Kier molecular flexibility index (Phi) is 3.90. The monoisotopic (exact) mass is 220 g/mol. The van der Waals surface area contributed by atoms with E-state index >= 15 is 0 Å². The summed E-state index contributed by atoms with van der Waals surface area (Å²) in [7, 11) is 0. The fraction of sp³-hybridized carbons (Fsp3) is 0. The van der Waals surface area contributed by atoms with Crippen LogP contribution in [0, 0.1) is 0 Å². The Morgan fingerprint density at radius 3 is 1.44 bits per heavy atom. The van der Waals surface area contributed by atoms with E-state index in [2.05, 4.69) is 9.98 Å². The zero-order valence-electron chi connectivity index (χ0n) is 8.07. The van der Waals surface area contributed by atoms with Gasteiger partial charge in [-0.1, -0.05) is 0 Å². The van der Waals surface area contributed by atoms with Gasteiger partial charge in [0, 0.05) is 0 Å². The first-order chi connectivity index (χ1) is 7.58. The Bertz CT molecular complexity index is 405. The van der Waals surface area contributed by atoms with Crippen molar-refractivity contribution in [1.82, 2.24) is 0 Å². The lowest BCUT2D eigenvalue weighted by Crippen LogP contribution is -1.94. The van der Waals surface area contributed by atoms with Crippen LogP contribution >= 0.6 is 0 Å². The van der Waals surface area contributed by atoms with Gasteiger partial charge < -0.3 is 10.2 Å². The van der Waals surface area contributed by atoms with E-state index in [4.69, 9.17) is 10.2 Å². The average Bonchev–Trinajstić information content (AvgIpc) is 2.25. The highest BCUT2D eigenvalue weighted by atomic mass is 16.4. The molecule has 0 bridgehead atoms. The van der Waals surface area contributed by atoms with E-state index in [1.807, 2.05) is 0 Å². The molecular weight excluding hydrogens is 212 g/mol. The fourth-order valence-electron chi connectivity index (χ4n) is 0.884. The molecule has 0 radical (unpaired) electrons. The van der Waals surface area contributed by atoms with E-state index < -0.39 is 11.9 Å². The molecule has 0 aliphatic carbocycles. The minimum atomic E-state index is -1.13. The van der Waals surface area contributed by atoms with Crippen molar-refractivity contribution >= 4 is 35.7 Å². The molecule has 6 nitrogen and oxygen atoms in total. The largest absolute Gasteiger partial charge is 0.477 e. The zero-order chi connectivity index (χ0) is 12.0. The molecule has 6 heteroatoms. The summed E-state index contributed by atoms with van der Waals surface area (Å²) in [4.78, 5) is 27.7. The minimum absolute atomic E-state index is 0.455. The molecule has 0 saturated carbocycles. The number of aliphatic imine (C=N–C) groups is 2. The number of carboxylic acids is 2. The van der Waals surface area contributed by atoms with Crippen LogP contribution in [0.3, 0.4) is 0 Å². The third kappa shape index (κ3) is 4.14. The molecule has 1 aromatic rings. The van der Waals surface area contributed by atoms with Gasteiger partial charge in [-0.2, -0.15) is 0 Å². The summed E-state index contributed by atoms with van der Waals surface area (Å²) < 4.78 is 0. The van der Waals surface area contributed by atoms with Gasteiger partial charge in [-0.05, 0) is 24.3 Å². The van der Waals surface area contributed by atoms with Crippen molar-refractivity contribution in [3.05, 3.63) is 24.3 Å². The van der Waals surface area contributed by atoms with E-state index in [-0.39, 0.29) is 0 Å². The Morgan fingerprint density at radius 1 is 0.875 bits per heavy atom. The van der Waals surface area contributed by atoms with Crippen LogP contribution in [0.4, 0.5) is 11.4 Å². The van der Waals surface area contributed by atoms with Crippen molar-refractivity contribution < 1.29 is 19.8 Å². The predicted octanol–water partition coefficient (Wildman–Crippen LogP) is 1.26. The van der Waals surface area contributed by atoms with Crippen molar-refractivity contribution in [2.45, 2.75) is 0 Å². The summed E-state index contributed by atoms with van der Waals surface area (Å²) in [5.74, 6) is -2.26. The van der Waals surface area contributed by atoms with Crippen molar-refractivity contribution in [1.29, 1.82) is 0 Å². The summed E-state index contributed by atoms with van der Waals surface area (Å²) in [6.45, 7) is 0. The second-order valence-electron chi connectivity index (χ2n) is 2.71. The van der Waals surface area contributed by atoms with E-state index in [1.165, 1.54) is 24.3 Å². The molecule has 0 aromatic heterocycles. The summed E-state index contributed by atoms with van der Waals surface area (Å²) in [6.07, 6.45) is 1.55. The van der Waals surface area contributed by atoms with Gasteiger partial charge in [-0.25, -0.2) is 19.6 Å². The van der Waals surface area contributed by atoms with E-state index in [0.717, 1.165) is 12.4 Å². The van der Waals surface area contributed by atoms with Crippen molar-refractivity contribution in [2.24, 2.45) is 9.98 Å². The van der Waals surface area contributed by atoms with Gasteiger partial charge >= 0.3 is 11.9 Å². The van der Waals surface area contributed by atoms with Gasteiger partial charge in [-0.3, -0.25) is 0 Å². The van der Waals surface area contributed by atoms with Crippen LogP contribution in [0.1, 0.15) is 0 Å². The Balaban J connectivity index is 2.75. The quantitative estimate of drug-likeness (QED) is 0.746. The number of nitrogens with zero attached hydrogens (tertiary/aromatic N) is 2. The van der Waals surface area contributed by atoms with E-state index in [0.29, 0.717) is 11.4 Å². The maximum absolute atomic E-state index is 10.2. The third-order valence-corrected chi connectivity index (χ3v) is 1.50. The number of hydrogen-bond acceptors (Lipinski definition) is 4. The van der Waals surface area contributed by atoms with Crippen molar-refractivity contribution in [2.75, 3.05) is 0 Å². The van der Waals surface area contributed by atoms with Crippen LogP contribution in [0.25, 0.3) is 0 Å². The first kappa shape index (κ1) is 11.6. The van der Waals surface area contributed by atoms with Crippen LogP contribution in [0.2, 0.25) is 0 Å². The van der Waals surface area contributed by atoms with Gasteiger partial charge in [0.25, 0.3) is 0 Å². The number of rotatable bonds is 4. The normalized spacial score (nSPS) is 11.0. The maximum atomic E-state index is 10.2. The SMILES string of the molecule is O=C(O)C=Nc1ccc(N=CC(=O)O)cc1. The van der Waals surface area contributed by atoms with Gasteiger partial charge in [0.05, 0.1) is 11.4 Å². The third-order valence-electron chi connectivity index (χ3n) is 1.50. The molecule has 0 fully saturated rings. The second kappa shape index (κ2) is 5.40.